The van der Waals surface area contributed by atoms with Gasteiger partial charge in [0, 0.05) is 11.8 Å². The summed E-state index contributed by atoms with van der Waals surface area (Å²) in [5.74, 6) is 2.73. The molecule has 0 spiro atoms. The second kappa shape index (κ2) is 4.88. The Labute approximate surface area is 116 Å². The molecule has 1 aromatic heterocycles. The molecule has 20 heavy (non-hydrogen) atoms. The number of aryl methyl sites for hydroxylation is 1. The van der Waals surface area contributed by atoms with Crippen molar-refractivity contribution >= 4 is 23.0 Å². The number of nitrogens with one attached hydrogen (secondary N) is 1. The molecule has 0 radical (unpaired) electrons. The molecule has 3 N–H and O–H groups in total. The average Bonchev–Trinajstić information content (AvgIpc) is 2.83. The number of nitrogens with zero attached hydrogens (tertiary/aromatic N) is 2. The van der Waals surface area contributed by atoms with Crippen LogP contribution < -0.4 is 15.8 Å². The number of nitrogens with two attached hydrogens (primary N) is 1. The Morgan fingerprint density at radius 1 is 1.40 bits per heavy atom. The molecule has 1 aliphatic rings. The highest BCUT2D eigenvalue weighted by molar-refractivity contribution is 6.03. The Morgan fingerprint density at radius 2 is 2.25 bits per heavy atom. The number of amidine groups is 1. The number of fused-ring (bicyclic) bond motifs is 1. The molecule has 0 saturated heterocycles. The van der Waals surface area contributed by atoms with E-state index >= 15 is 0 Å². The van der Waals surface area contributed by atoms with Crippen molar-refractivity contribution in [3.63, 3.8) is 0 Å². The Balaban J connectivity index is 1.96. The lowest BCUT2D eigenvalue weighted by Crippen LogP contribution is -2.36. The van der Waals surface area contributed by atoms with Crippen molar-refractivity contribution in [2.75, 3.05) is 11.1 Å². The zero-order valence-electron chi connectivity index (χ0n) is 11.4. The van der Waals surface area contributed by atoms with Crippen LogP contribution in [-0.2, 0) is 0 Å². The summed E-state index contributed by atoms with van der Waals surface area (Å²) in [5, 5.41) is 7.13. The van der Waals surface area contributed by atoms with Gasteiger partial charge < -0.3 is 20.3 Å². The third-order valence-corrected chi connectivity index (χ3v) is 3.06. The van der Waals surface area contributed by atoms with Gasteiger partial charge in [0.25, 0.3) is 0 Å². The monoisotopic (exact) mass is 272 g/mol. The first-order valence-corrected chi connectivity index (χ1v) is 6.51. The van der Waals surface area contributed by atoms with Gasteiger partial charge in [-0.05, 0) is 31.5 Å². The maximum Gasteiger partial charge on any atom is 0.197 e. The number of anilines is 2. The van der Waals surface area contributed by atoms with Gasteiger partial charge in [0.15, 0.2) is 11.9 Å². The number of hydrogen-bond donors (Lipinski definition) is 2. The summed E-state index contributed by atoms with van der Waals surface area (Å²) in [5.41, 5.74) is 7.27. The van der Waals surface area contributed by atoms with Crippen LogP contribution in [-0.4, -0.2) is 17.1 Å². The number of aliphatic imine (C=N–C) groups is 1. The lowest BCUT2D eigenvalue weighted by molar-refractivity contribution is 0.258. The fraction of sp³-hybridized carbons (Fsp3) is 0.286. The van der Waals surface area contributed by atoms with Crippen LogP contribution in [0.15, 0.2) is 33.8 Å². The second-order valence-corrected chi connectivity index (χ2v) is 4.69. The quantitative estimate of drug-likeness (QED) is 0.821. The highest BCUT2D eigenvalue weighted by atomic mass is 16.5. The number of rotatable bonds is 2. The molecule has 104 valence electrons. The van der Waals surface area contributed by atoms with Crippen molar-refractivity contribution in [2.45, 2.75) is 26.4 Å². The summed E-state index contributed by atoms with van der Waals surface area (Å²) >= 11 is 0. The van der Waals surface area contributed by atoms with Gasteiger partial charge in [0.2, 0.25) is 0 Å². The first kappa shape index (κ1) is 12.5. The minimum Gasteiger partial charge on any atom is -0.480 e. The van der Waals surface area contributed by atoms with Gasteiger partial charge in [0.05, 0.1) is 5.69 Å². The second-order valence-electron chi connectivity index (χ2n) is 4.69. The average molecular weight is 272 g/mol. The van der Waals surface area contributed by atoms with E-state index in [0.29, 0.717) is 17.3 Å². The predicted octanol–water partition coefficient (Wildman–Crippen LogP) is 2.88. The van der Waals surface area contributed by atoms with E-state index in [0.717, 1.165) is 23.6 Å². The smallest absolute Gasteiger partial charge is 0.197 e. The van der Waals surface area contributed by atoms with Gasteiger partial charge in [-0.2, -0.15) is 0 Å². The van der Waals surface area contributed by atoms with Crippen molar-refractivity contribution < 1.29 is 9.26 Å². The SMILES string of the molecule is CCC1Oc2ccc(N)cc2NC1=Nc1cc(C)on1. The zero-order chi connectivity index (χ0) is 14.1. The Bertz CT molecular complexity index is 663. The highest BCUT2D eigenvalue weighted by Crippen LogP contribution is 2.32. The van der Waals surface area contributed by atoms with Crippen molar-refractivity contribution in [3.8, 4) is 5.75 Å². The van der Waals surface area contributed by atoms with E-state index in [1.807, 2.05) is 32.0 Å². The first-order chi connectivity index (χ1) is 9.65. The lowest BCUT2D eigenvalue weighted by atomic mass is 10.1. The standard InChI is InChI=1S/C14H16N4O2/c1-3-11-14(17-13-6-8(2)20-18-13)16-10-7-9(15)4-5-12(10)19-11/h4-7,11H,3,15H2,1-2H3,(H,16,17,18). The van der Waals surface area contributed by atoms with E-state index in [-0.39, 0.29) is 6.10 Å². The number of benzene rings is 1. The molecule has 1 unspecified atom stereocenters. The van der Waals surface area contributed by atoms with Crippen LogP contribution in [0.2, 0.25) is 0 Å². The van der Waals surface area contributed by atoms with E-state index in [2.05, 4.69) is 15.5 Å². The van der Waals surface area contributed by atoms with Crippen molar-refractivity contribution in [3.05, 3.63) is 30.0 Å². The van der Waals surface area contributed by atoms with Gasteiger partial charge in [-0.15, -0.1) is 0 Å². The Hall–Kier alpha value is -2.50. The van der Waals surface area contributed by atoms with E-state index in [1.54, 1.807) is 6.07 Å². The van der Waals surface area contributed by atoms with Gasteiger partial charge in [-0.3, -0.25) is 0 Å². The summed E-state index contributed by atoms with van der Waals surface area (Å²) in [6, 6.07) is 7.27. The zero-order valence-corrected chi connectivity index (χ0v) is 11.4. The molecular weight excluding hydrogens is 256 g/mol. The number of ether oxygens (including phenoxy) is 1. The van der Waals surface area contributed by atoms with E-state index in [4.69, 9.17) is 15.0 Å². The molecule has 1 atom stereocenters. The van der Waals surface area contributed by atoms with Crippen LogP contribution in [0.5, 0.6) is 5.75 Å². The lowest BCUT2D eigenvalue weighted by Gasteiger charge is -2.28. The molecule has 1 aliphatic heterocycles. The molecule has 3 rings (SSSR count). The molecule has 6 nitrogen and oxygen atoms in total. The normalized spacial score (nSPS) is 19.3. The largest absolute Gasteiger partial charge is 0.480 e. The fourth-order valence-electron chi connectivity index (χ4n) is 2.08. The molecule has 2 aromatic rings. The first-order valence-electron chi connectivity index (χ1n) is 6.51. The van der Waals surface area contributed by atoms with Crippen LogP contribution in [0.1, 0.15) is 19.1 Å². The van der Waals surface area contributed by atoms with E-state index in [1.165, 1.54) is 0 Å². The van der Waals surface area contributed by atoms with Crippen LogP contribution in [0.3, 0.4) is 0 Å². The van der Waals surface area contributed by atoms with Crippen LogP contribution in [0.25, 0.3) is 0 Å². The van der Waals surface area contributed by atoms with Gasteiger partial charge in [0.1, 0.15) is 17.3 Å². The van der Waals surface area contributed by atoms with Crippen molar-refractivity contribution in [1.82, 2.24) is 5.16 Å². The molecule has 6 heteroatoms. The molecule has 0 fully saturated rings. The number of hydrogen-bond acceptors (Lipinski definition) is 5. The summed E-state index contributed by atoms with van der Waals surface area (Å²) < 4.78 is 10.9. The fourth-order valence-corrected chi connectivity index (χ4v) is 2.08. The predicted molar refractivity (Wildman–Crippen MR) is 77.5 cm³/mol. The molecule has 2 heterocycles. The summed E-state index contributed by atoms with van der Waals surface area (Å²) in [4.78, 5) is 4.45. The van der Waals surface area contributed by atoms with Gasteiger partial charge >= 0.3 is 0 Å². The summed E-state index contributed by atoms with van der Waals surface area (Å²) in [7, 11) is 0. The van der Waals surface area contributed by atoms with Crippen LogP contribution >= 0.6 is 0 Å². The number of aromatic nitrogens is 1. The van der Waals surface area contributed by atoms with E-state index in [9.17, 15) is 0 Å². The molecule has 0 saturated carbocycles. The number of nitrogen functional groups attached to an aromatic ring is 1. The van der Waals surface area contributed by atoms with Crippen LogP contribution in [0, 0.1) is 6.92 Å². The maximum absolute atomic E-state index is 5.92. The van der Waals surface area contributed by atoms with Gasteiger partial charge in [-0.25, -0.2) is 4.99 Å². The van der Waals surface area contributed by atoms with Crippen molar-refractivity contribution in [1.29, 1.82) is 0 Å². The summed E-state index contributed by atoms with van der Waals surface area (Å²) in [6.07, 6.45) is 0.662. The van der Waals surface area contributed by atoms with Crippen molar-refractivity contribution in [2.24, 2.45) is 4.99 Å². The Morgan fingerprint density at radius 3 is 2.95 bits per heavy atom. The van der Waals surface area contributed by atoms with E-state index < -0.39 is 0 Å². The molecule has 1 aromatic carbocycles. The minimum absolute atomic E-state index is 0.136. The minimum atomic E-state index is -0.136. The Kier molecular flexibility index (Phi) is 3.06. The molecule has 0 amide bonds. The highest BCUT2D eigenvalue weighted by Gasteiger charge is 2.24. The molecule has 0 aliphatic carbocycles. The third kappa shape index (κ3) is 2.32. The third-order valence-electron chi connectivity index (χ3n) is 3.06. The van der Waals surface area contributed by atoms with Crippen LogP contribution in [0.4, 0.5) is 17.2 Å². The maximum atomic E-state index is 5.92. The summed E-state index contributed by atoms with van der Waals surface area (Å²) in [6.45, 7) is 3.87. The topological polar surface area (TPSA) is 85.7 Å². The van der Waals surface area contributed by atoms with Gasteiger partial charge in [-0.1, -0.05) is 12.1 Å². The molecular formula is C14H16N4O2. The molecule has 0 bridgehead atoms.